The third-order valence-corrected chi connectivity index (χ3v) is 5.29. The van der Waals surface area contributed by atoms with Gasteiger partial charge in [0, 0.05) is 48.9 Å². The molecule has 0 N–H and O–H groups in total. The number of carbonyl (C=O) groups excluding carboxylic acids is 1. The smallest absolute Gasteiger partial charge is 0.246 e. The van der Waals surface area contributed by atoms with Crippen LogP contribution in [0.1, 0.15) is 5.56 Å². The molecule has 0 spiro atoms. The number of benzene rings is 2. The molecule has 2 aromatic carbocycles. The SMILES string of the molecule is O=C(/C=C/c1ccccc1Cl)N1CCN(c2cc(-c3ccccc3)ncn2)CC1. The van der Waals surface area contributed by atoms with Crippen LogP contribution in [0.4, 0.5) is 5.82 Å². The number of aromatic nitrogens is 2. The van der Waals surface area contributed by atoms with Crippen molar-refractivity contribution in [3.63, 3.8) is 0 Å². The van der Waals surface area contributed by atoms with Gasteiger partial charge in [-0.1, -0.05) is 60.1 Å². The van der Waals surface area contributed by atoms with Crippen LogP contribution in [0.25, 0.3) is 17.3 Å². The number of carbonyl (C=O) groups is 1. The van der Waals surface area contributed by atoms with Gasteiger partial charge in [-0.15, -0.1) is 0 Å². The Morgan fingerprint density at radius 1 is 0.931 bits per heavy atom. The van der Waals surface area contributed by atoms with Crippen molar-refractivity contribution in [3.8, 4) is 11.3 Å². The molecule has 0 bridgehead atoms. The minimum absolute atomic E-state index is 0.00256. The van der Waals surface area contributed by atoms with E-state index in [1.165, 1.54) is 0 Å². The molecular formula is C23H21ClN4O. The number of hydrogen-bond acceptors (Lipinski definition) is 4. The van der Waals surface area contributed by atoms with Gasteiger partial charge in [0.25, 0.3) is 0 Å². The van der Waals surface area contributed by atoms with Crippen molar-refractivity contribution in [2.24, 2.45) is 0 Å². The topological polar surface area (TPSA) is 49.3 Å². The quantitative estimate of drug-likeness (QED) is 0.613. The first-order valence-corrected chi connectivity index (χ1v) is 9.92. The number of nitrogens with zero attached hydrogens (tertiary/aromatic N) is 4. The summed E-state index contributed by atoms with van der Waals surface area (Å²) in [6.45, 7) is 2.76. The molecule has 1 saturated heterocycles. The molecular weight excluding hydrogens is 384 g/mol. The fourth-order valence-electron chi connectivity index (χ4n) is 3.32. The lowest BCUT2D eigenvalue weighted by atomic mass is 10.1. The molecule has 5 nitrogen and oxygen atoms in total. The highest BCUT2D eigenvalue weighted by Crippen LogP contribution is 2.21. The van der Waals surface area contributed by atoms with Gasteiger partial charge in [-0.05, 0) is 17.7 Å². The maximum absolute atomic E-state index is 12.5. The Morgan fingerprint density at radius 3 is 2.41 bits per heavy atom. The second-order valence-electron chi connectivity index (χ2n) is 6.79. The summed E-state index contributed by atoms with van der Waals surface area (Å²) in [6, 6.07) is 19.5. The summed E-state index contributed by atoms with van der Waals surface area (Å²) in [7, 11) is 0. The molecule has 0 aliphatic carbocycles. The summed E-state index contributed by atoms with van der Waals surface area (Å²) in [4.78, 5) is 25.4. The van der Waals surface area contributed by atoms with Crippen LogP contribution in [0, 0.1) is 0 Å². The van der Waals surface area contributed by atoms with Gasteiger partial charge >= 0.3 is 0 Å². The highest BCUT2D eigenvalue weighted by Gasteiger charge is 2.21. The predicted octanol–water partition coefficient (Wildman–Crippen LogP) is 4.16. The molecule has 1 aliphatic heterocycles. The van der Waals surface area contributed by atoms with E-state index in [4.69, 9.17) is 11.6 Å². The predicted molar refractivity (Wildman–Crippen MR) is 117 cm³/mol. The van der Waals surface area contributed by atoms with E-state index in [9.17, 15) is 4.79 Å². The average Bonchev–Trinajstić information content (AvgIpc) is 2.79. The number of halogens is 1. The Kier molecular flexibility index (Phi) is 5.86. The first-order chi connectivity index (χ1) is 14.2. The van der Waals surface area contributed by atoms with E-state index < -0.39 is 0 Å². The number of piperazine rings is 1. The molecule has 1 fully saturated rings. The van der Waals surface area contributed by atoms with Gasteiger partial charge in [-0.3, -0.25) is 4.79 Å². The Labute approximate surface area is 175 Å². The van der Waals surface area contributed by atoms with Gasteiger partial charge in [0.05, 0.1) is 5.69 Å². The normalized spacial score (nSPS) is 14.4. The molecule has 1 aliphatic rings. The van der Waals surface area contributed by atoms with E-state index in [1.54, 1.807) is 18.5 Å². The van der Waals surface area contributed by atoms with Crippen LogP contribution in [0.3, 0.4) is 0 Å². The van der Waals surface area contributed by atoms with E-state index in [2.05, 4.69) is 14.9 Å². The van der Waals surface area contributed by atoms with Crippen molar-refractivity contribution >= 4 is 29.4 Å². The fraction of sp³-hybridized carbons (Fsp3) is 0.174. The van der Waals surface area contributed by atoms with Crippen LogP contribution >= 0.6 is 11.6 Å². The molecule has 0 unspecified atom stereocenters. The van der Waals surface area contributed by atoms with Gasteiger partial charge < -0.3 is 9.80 Å². The molecule has 6 heteroatoms. The Bertz CT molecular complexity index is 1010. The molecule has 3 aromatic rings. The van der Waals surface area contributed by atoms with E-state index in [1.807, 2.05) is 65.6 Å². The summed E-state index contributed by atoms with van der Waals surface area (Å²) in [5.41, 5.74) is 2.81. The molecule has 29 heavy (non-hydrogen) atoms. The maximum Gasteiger partial charge on any atom is 0.246 e. The second kappa shape index (κ2) is 8.88. The standard InChI is InChI=1S/C23H21ClN4O/c24-20-9-5-4-6-18(20)10-11-23(29)28-14-12-27(13-15-28)22-16-21(25-17-26-22)19-7-2-1-3-8-19/h1-11,16-17H,12-15H2/b11-10+. The zero-order chi connectivity index (χ0) is 20.1. The van der Waals surface area contributed by atoms with Crippen LogP contribution < -0.4 is 4.90 Å². The van der Waals surface area contributed by atoms with E-state index in [0.717, 1.165) is 35.7 Å². The first kappa shape index (κ1) is 19.2. The van der Waals surface area contributed by atoms with Crippen molar-refractivity contribution in [2.75, 3.05) is 31.1 Å². The minimum Gasteiger partial charge on any atom is -0.353 e. The van der Waals surface area contributed by atoms with Crippen LogP contribution in [0.5, 0.6) is 0 Å². The lowest BCUT2D eigenvalue weighted by Crippen LogP contribution is -2.48. The zero-order valence-corrected chi connectivity index (χ0v) is 16.7. The molecule has 0 radical (unpaired) electrons. The Hall–Kier alpha value is -3.18. The largest absolute Gasteiger partial charge is 0.353 e. The van der Waals surface area contributed by atoms with Crippen LogP contribution in [-0.2, 0) is 4.79 Å². The number of rotatable bonds is 4. The molecule has 0 saturated carbocycles. The van der Waals surface area contributed by atoms with Crippen molar-refractivity contribution in [2.45, 2.75) is 0 Å². The van der Waals surface area contributed by atoms with E-state index >= 15 is 0 Å². The summed E-state index contributed by atoms with van der Waals surface area (Å²) in [5.74, 6) is 0.884. The molecule has 1 aromatic heterocycles. The van der Waals surface area contributed by atoms with Gasteiger partial charge in [0.15, 0.2) is 0 Å². The molecule has 0 atom stereocenters. The van der Waals surface area contributed by atoms with E-state index in [-0.39, 0.29) is 5.91 Å². The van der Waals surface area contributed by atoms with Gasteiger partial charge in [0.1, 0.15) is 12.1 Å². The summed E-state index contributed by atoms with van der Waals surface area (Å²) in [5, 5.41) is 0.638. The molecule has 146 valence electrons. The van der Waals surface area contributed by atoms with Crippen molar-refractivity contribution < 1.29 is 4.79 Å². The monoisotopic (exact) mass is 404 g/mol. The Morgan fingerprint density at radius 2 is 1.66 bits per heavy atom. The van der Waals surface area contributed by atoms with Crippen LogP contribution in [0.15, 0.2) is 73.1 Å². The average molecular weight is 405 g/mol. The third kappa shape index (κ3) is 4.63. The molecule has 4 rings (SSSR count). The number of hydrogen-bond donors (Lipinski definition) is 0. The minimum atomic E-state index is -0.00256. The molecule has 1 amide bonds. The van der Waals surface area contributed by atoms with Crippen LogP contribution in [0.2, 0.25) is 5.02 Å². The van der Waals surface area contributed by atoms with Crippen molar-refractivity contribution in [3.05, 3.63) is 83.7 Å². The zero-order valence-electron chi connectivity index (χ0n) is 15.9. The number of anilines is 1. The van der Waals surface area contributed by atoms with Crippen LogP contribution in [-0.4, -0.2) is 47.0 Å². The number of amides is 1. The van der Waals surface area contributed by atoms with Gasteiger partial charge in [0.2, 0.25) is 5.91 Å². The molecule has 2 heterocycles. The lowest BCUT2D eigenvalue weighted by Gasteiger charge is -2.35. The van der Waals surface area contributed by atoms with Crippen molar-refractivity contribution in [1.82, 2.24) is 14.9 Å². The third-order valence-electron chi connectivity index (χ3n) is 4.95. The lowest BCUT2D eigenvalue weighted by molar-refractivity contribution is -0.126. The Balaban J connectivity index is 1.38. The van der Waals surface area contributed by atoms with E-state index in [0.29, 0.717) is 18.1 Å². The summed E-state index contributed by atoms with van der Waals surface area (Å²) < 4.78 is 0. The fourth-order valence-corrected chi connectivity index (χ4v) is 3.52. The summed E-state index contributed by atoms with van der Waals surface area (Å²) in [6.07, 6.45) is 4.96. The maximum atomic E-state index is 12.5. The highest BCUT2D eigenvalue weighted by molar-refractivity contribution is 6.32. The van der Waals surface area contributed by atoms with Crippen molar-refractivity contribution in [1.29, 1.82) is 0 Å². The summed E-state index contributed by atoms with van der Waals surface area (Å²) >= 11 is 6.14. The van der Waals surface area contributed by atoms with Gasteiger partial charge in [-0.25, -0.2) is 9.97 Å². The first-order valence-electron chi connectivity index (χ1n) is 9.54. The second-order valence-corrected chi connectivity index (χ2v) is 7.20. The van der Waals surface area contributed by atoms with Gasteiger partial charge in [-0.2, -0.15) is 0 Å². The highest BCUT2D eigenvalue weighted by atomic mass is 35.5.